The Morgan fingerprint density at radius 1 is 1.19 bits per heavy atom. The summed E-state index contributed by atoms with van der Waals surface area (Å²) in [4.78, 5) is 24.5. The molecule has 0 saturated heterocycles. The molecular weight excluding hydrogens is 350 g/mol. The van der Waals surface area contributed by atoms with Crippen molar-refractivity contribution in [3.8, 4) is 0 Å². The molecule has 4 nitrogen and oxygen atoms in total. The summed E-state index contributed by atoms with van der Waals surface area (Å²) in [5.74, 6) is -0.699. The monoisotopic (exact) mass is 371 g/mol. The molecule has 1 amide bonds. The number of hydrogen-bond acceptors (Lipinski definition) is 3. The molecule has 0 radical (unpaired) electrons. The van der Waals surface area contributed by atoms with E-state index in [1.807, 2.05) is 12.1 Å². The number of aryl methyl sites for hydroxylation is 1. The van der Waals surface area contributed by atoms with E-state index in [0.717, 1.165) is 30.4 Å². The molecule has 0 aromatic heterocycles. The molecule has 5 heteroatoms. The maximum atomic E-state index is 12.4. The lowest BCUT2D eigenvalue weighted by atomic mass is 9.87. The van der Waals surface area contributed by atoms with Gasteiger partial charge < -0.3 is 10.1 Å². The van der Waals surface area contributed by atoms with Crippen molar-refractivity contribution >= 4 is 23.5 Å². The minimum Gasteiger partial charge on any atom is -0.452 e. The summed E-state index contributed by atoms with van der Waals surface area (Å²) in [6, 6.07) is 15.1. The molecule has 0 saturated carbocycles. The Hall–Kier alpha value is -2.33. The Kier molecular flexibility index (Phi) is 5.94. The van der Waals surface area contributed by atoms with Crippen LogP contribution in [0.4, 0.5) is 0 Å². The Bertz CT molecular complexity index is 788. The summed E-state index contributed by atoms with van der Waals surface area (Å²) in [6.07, 6.45) is 2.25. The van der Waals surface area contributed by atoms with Gasteiger partial charge in [-0.25, -0.2) is 0 Å². The van der Waals surface area contributed by atoms with Crippen LogP contribution in [0.15, 0.2) is 48.5 Å². The first kappa shape index (κ1) is 18.5. The third kappa shape index (κ3) is 4.64. The van der Waals surface area contributed by atoms with Gasteiger partial charge in [0.2, 0.25) is 0 Å². The molecule has 2 aromatic rings. The average Bonchev–Trinajstić information content (AvgIpc) is 2.64. The van der Waals surface area contributed by atoms with Gasteiger partial charge >= 0.3 is 5.97 Å². The number of rotatable bonds is 5. The third-order valence-electron chi connectivity index (χ3n) is 4.63. The highest BCUT2D eigenvalue weighted by atomic mass is 35.5. The van der Waals surface area contributed by atoms with Crippen LogP contribution in [0.1, 0.15) is 42.5 Å². The van der Waals surface area contributed by atoms with E-state index in [0.29, 0.717) is 5.02 Å². The first-order valence-corrected chi connectivity index (χ1v) is 9.23. The Morgan fingerprint density at radius 3 is 2.69 bits per heavy atom. The molecule has 0 heterocycles. The quantitative estimate of drug-likeness (QED) is 0.808. The van der Waals surface area contributed by atoms with Crippen molar-refractivity contribution in [2.24, 2.45) is 0 Å². The molecule has 1 aliphatic carbocycles. The number of halogens is 1. The molecule has 1 N–H and O–H groups in total. The lowest BCUT2D eigenvalue weighted by Gasteiger charge is -2.27. The fourth-order valence-electron chi connectivity index (χ4n) is 3.25. The van der Waals surface area contributed by atoms with Gasteiger partial charge in [-0.3, -0.25) is 9.59 Å². The summed E-state index contributed by atoms with van der Waals surface area (Å²) in [5.41, 5.74) is 3.23. The van der Waals surface area contributed by atoms with Crippen LogP contribution in [-0.2, 0) is 27.2 Å². The van der Waals surface area contributed by atoms with Gasteiger partial charge in [-0.05, 0) is 55.0 Å². The molecule has 1 aliphatic rings. The average molecular weight is 372 g/mol. The standard InChI is InChI=1S/C21H22ClNO3/c1-14(26-20(24)13-15-9-11-17(22)12-10-15)21(25)23-19-8-4-6-16-5-2-3-7-18(16)19/h2-3,5,7,9-12,14,19H,4,6,8,13H2,1H3,(H,23,25)/t14-,19+/m1/s1. The van der Waals surface area contributed by atoms with Crippen LogP contribution in [0.5, 0.6) is 0 Å². The van der Waals surface area contributed by atoms with Gasteiger partial charge in [0.1, 0.15) is 0 Å². The Balaban J connectivity index is 1.55. The van der Waals surface area contributed by atoms with Crippen molar-refractivity contribution in [1.29, 1.82) is 0 Å². The molecule has 2 aromatic carbocycles. The number of hydrogen-bond donors (Lipinski definition) is 1. The molecule has 136 valence electrons. The SMILES string of the molecule is C[C@@H](OC(=O)Cc1ccc(Cl)cc1)C(=O)N[C@H]1CCCc2ccccc21. The summed E-state index contributed by atoms with van der Waals surface area (Å²) < 4.78 is 5.29. The number of fused-ring (bicyclic) bond motifs is 1. The zero-order chi connectivity index (χ0) is 18.5. The second kappa shape index (κ2) is 8.37. The molecule has 3 rings (SSSR count). The normalized spacial score (nSPS) is 17.1. The zero-order valence-corrected chi connectivity index (χ0v) is 15.5. The second-order valence-corrected chi connectivity index (χ2v) is 7.02. The minimum absolute atomic E-state index is 0.0233. The van der Waals surface area contributed by atoms with E-state index in [2.05, 4.69) is 17.4 Å². The molecule has 2 atom stereocenters. The molecule has 0 unspecified atom stereocenters. The van der Waals surface area contributed by atoms with Gasteiger partial charge in [0.25, 0.3) is 5.91 Å². The van der Waals surface area contributed by atoms with Crippen LogP contribution < -0.4 is 5.32 Å². The minimum atomic E-state index is -0.830. The highest BCUT2D eigenvalue weighted by Gasteiger charge is 2.25. The summed E-state index contributed by atoms with van der Waals surface area (Å²) in [5, 5.41) is 3.63. The fraction of sp³-hybridized carbons (Fsp3) is 0.333. The van der Waals surface area contributed by atoms with Crippen molar-refractivity contribution in [2.75, 3.05) is 0 Å². The maximum absolute atomic E-state index is 12.4. The van der Waals surface area contributed by atoms with Crippen molar-refractivity contribution in [1.82, 2.24) is 5.32 Å². The predicted octanol–water partition coefficient (Wildman–Crippen LogP) is 4.01. The number of nitrogens with one attached hydrogen (secondary N) is 1. The van der Waals surface area contributed by atoms with Crippen LogP contribution in [0.2, 0.25) is 5.02 Å². The highest BCUT2D eigenvalue weighted by molar-refractivity contribution is 6.30. The van der Waals surface area contributed by atoms with Crippen LogP contribution in [0.25, 0.3) is 0 Å². The molecule has 0 spiro atoms. The van der Waals surface area contributed by atoms with Gasteiger partial charge in [-0.15, -0.1) is 0 Å². The predicted molar refractivity (Wildman–Crippen MR) is 101 cm³/mol. The van der Waals surface area contributed by atoms with Crippen molar-refractivity contribution in [3.05, 3.63) is 70.2 Å². The number of carbonyl (C=O) groups is 2. The summed E-state index contributed by atoms with van der Waals surface area (Å²) in [6.45, 7) is 1.60. The van der Waals surface area contributed by atoms with E-state index >= 15 is 0 Å². The van der Waals surface area contributed by atoms with Crippen LogP contribution in [0, 0.1) is 0 Å². The van der Waals surface area contributed by atoms with Crippen molar-refractivity contribution in [3.63, 3.8) is 0 Å². The number of benzene rings is 2. The molecule has 0 bridgehead atoms. The molecule has 26 heavy (non-hydrogen) atoms. The van der Waals surface area contributed by atoms with E-state index < -0.39 is 12.1 Å². The second-order valence-electron chi connectivity index (χ2n) is 6.59. The number of carbonyl (C=O) groups excluding carboxylic acids is 2. The smallest absolute Gasteiger partial charge is 0.311 e. The van der Waals surface area contributed by atoms with Crippen LogP contribution in [-0.4, -0.2) is 18.0 Å². The topological polar surface area (TPSA) is 55.4 Å². The maximum Gasteiger partial charge on any atom is 0.311 e. The van der Waals surface area contributed by atoms with Gasteiger partial charge in [-0.2, -0.15) is 0 Å². The third-order valence-corrected chi connectivity index (χ3v) is 4.88. The van der Waals surface area contributed by atoms with Gasteiger partial charge in [0, 0.05) is 5.02 Å². The molecule has 0 aliphatic heterocycles. The summed E-state index contributed by atoms with van der Waals surface area (Å²) in [7, 11) is 0. The zero-order valence-electron chi connectivity index (χ0n) is 14.7. The van der Waals surface area contributed by atoms with E-state index in [9.17, 15) is 9.59 Å². The number of esters is 1. The fourth-order valence-corrected chi connectivity index (χ4v) is 3.38. The Morgan fingerprint density at radius 2 is 1.92 bits per heavy atom. The first-order chi connectivity index (χ1) is 12.5. The van der Waals surface area contributed by atoms with Gasteiger partial charge in [0.05, 0.1) is 12.5 Å². The lowest BCUT2D eigenvalue weighted by molar-refractivity contribution is -0.154. The molecular formula is C21H22ClNO3. The van der Waals surface area contributed by atoms with Crippen LogP contribution >= 0.6 is 11.6 Å². The number of ether oxygens (including phenoxy) is 1. The van der Waals surface area contributed by atoms with Gasteiger partial charge in [-0.1, -0.05) is 48.0 Å². The van der Waals surface area contributed by atoms with E-state index in [1.54, 1.807) is 31.2 Å². The first-order valence-electron chi connectivity index (χ1n) is 8.85. The number of amides is 1. The van der Waals surface area contributed by atoms with Crippen molar-refractivity contribution < 1.29 is 14.3 Å². The summed E-state index contributed by atoms with van der Waals surface area (Å²) >= 11 is 5.83. The highest BCUT2D eigenvalue weighted by Crippen LogP contribution is 2.29. The van der Waals surface area contributed by atoms with E-state index in [-0.39, 0.29) is 18.4 Å². The van der Waals surface area contributed by atoms with Crippen LogP contribution in [0.3, 0.4) is 0 Å². The Labute approximate surface area is 158 Å². The largest absolute Gasteiger partial charge is 0.452 e. The van der Waals surface area contributed by atoms with Crippen molar-refractivity contribution in [2.45, 2.75) is 44.8 Å². The van der Waals surface area contributed by atoms with E-state index in [1.165, 1.54) is 5.56 Å². The lowest BCUT2D eigenvalue weighted by Crippen LogP contribution is -2.39. The van der Waals surface area contributed by atoms with Gasteiger partial charge in [0.15, 0.2) is 6.10 Å². The molecule has 0 fully saturated rings. The van der Waals surface area contributed by atoms with E-state index in [4.69, 9.17) is 16.3 Å².